The Labute approximate surface area is 211 Å². The van der Waals surface area contributed by atoms with Gasteiger partial charge in [-0.3, -0.25) is 0 Å². The van der Waals surface area contributed by atoms with Gasteiger partial charge in [0.05, 0.1) is 25.3 Å². The summed E-state index contributed by atoms with van der Waals surface area (Å²) >= 11 is 0. The maximum Gasteiger partial charge on any atom is 0.338 e. The molecule has 2 fully saturated rings. The van der Waals surface area contributed by atoms with Crippen LogP contribution in [0.5, 0.6) is 0 Å². The summed E-state index contributed by atoms with van der Waals surface area (Å²) in [6.45, 7) is 4.18. The van der Waals surface area contributed by atoms with Crippen molar-refractivity contribution in [2.24, 2.45) is 0 Å². The molecule has 0 spiro atoms. The smallest absolute Gasteiger partial charge is 0.338 e. The Hall–Kier alpha value is -3.54. The summed E-state index contributed by atoms with van der Waals surface area (Å²) in [6, 6.07) is 12.4. The van der Waals surface area contributed by atoms with Crippen LogP contribution < -0.4 is 9.80 Å². The number of benzene rings is 4. The van der Waals surface area contributed by atoms with Gasteiger partial charge in [-0.25, -0.2) is 9.59 Å². The summed E-state index contributed by atoms with van der Waals surface area (Å²) in [7, 11) is 2.75. The molecule has 0 N–H and O–H groups in total. The van der Waals surface area contributed by atoms with Gasteiger partial charge in [-0.05, 0) is 66.8 Å². The van der Waals surface area contributed by atoms with Crippen LogP contribution in [0.3, 0.4) is 0 Å². The molecule has 0 bridgehead atoms. The number of esters is 2. The minimum Gasteiger partial charge on any atom is -0.465 e. The first-order chi connectivity index (χ1) is 17.6. The number of anilines is 2. The van der Waals surface area contributed by atoms with E-state index in [0.29, 0.717) is 11.1 Å². The summed E-state index contributed by atoms with van der Waals surface area (Å²) < 4.78 is 10.3. The van der Waals surface area contributed by atoms with Crippen molar-refractivity contribution in [2.75, 3.05) is 50.2 Å². The molecule has 2 aliphatic heterocycles. The second-order valence-electron chi connectivity index (χ2n) is 10.0. The van der Waals surface area contributed by atoms with E-state index in [9.17, 15) is 9.59 Å². The monoisotopic (exact) mass is 484 g/mol. The molecule has 0 unspecified atom stereocenters. The Bertz CT molecular complexity index is 1360. The Balaban J connectivity index is 1.75. The lowest BCUT2D eigenvalue weighted by Crippen LogP contribution is -2.32. The van der Waals surface area contributed by atoms with E-state index in [-0.39, 0.29) is 0 Å². The van der Waals surface area contributed by atoms with E-state index in [4.69, 9.17) is 9.47 Å². The summed E-state index contributed by atoms with van der Waals surface area (Å²) in [5.41, 5.74) is 3.28. The third-order valence-electron chi connectivity index (χ3n) is 8.06. The predicted octanol–water partition coefficient (Wildman–Crippen LogP) is 6.14. The zero-order valence-electron chi connectivity index (χ0n) is 21.1. The fourth-order valence-electron chi connectivity index (χ4n) is 6.31. The molecule has 0 aliphatic carbocycles. The first-order valence-corrected chi connectivity index (χ1v) is 13.1. The maximum atomic E-state index is 12.9. The molecule has 36 heavy (non-hydrogen) atoms. The van der Waals surface area contributed by atoms with Crippen LogP contribution in [0, 0.1) is 0 Å². The van der Waals surface area contributed by atoms with Crippen molar-refractivity contribution in [1.82, 2.24) is 0 Å². The van der Waals surface area contributed by atoms with E-state index in [1.165, 1.54) is 74.9 Å². The van der Waals surface area contributed by atoms with Crippen LogP contribution in [0.2, 0.25) is 0 Å². The van der Waals surface area contributed by atoms with Gasteiger partial charge < -0.3 is 19.3 Å². The minimum absolute atomic E-state index is 0.391. The average Bonchev–Trinajstić information content (AvgIpc) is 2.95. The fraction of sp³-hybridized carbons (Fsp3) is 0.400. The van der Waals surface area contributed by atoms with Crippen molar-refractivity contribution in [1.29, 1.82) is 0 Å². The number of methoxy groups -OCH3 is 2. The van der Waals surface area contributed by atoms with Crippen LogP contribution >= 0.6 is 0 Å². The van der Waals surface area contributed by atoms with Gasteiger partial charge >= 0.3 is 11.9 Å². The average molecular weight is 485 g/mol. The molecule has 2 aliphatic rings. The molecular weight excluding hydrogens is 452 g/mol. The molecule has 2 saturated heterocycles. The largest absolute Gasteiger partial charge is 0.465 e. The van der Waals surface area contributed by atoms with E-state index >= 15 is 0 Å². The number of hydrogen-bond donors (Lipinski definition) is 0. The van der Waals surface area contributed by atoms with Crippen molar-refractivity contribution >= 4 is 55.6 Å². The quantitative estimate of drug-likeness (QED) is 0.256. The molecule has 6 heteroatoms. The fourth-order valence-corrected chi connectivity index (χ4v) is 6.31. The second-order valence-corrected chi connectivity index (χ2v) is 10.0. The highest BCUT2D eigenvalue weighted by Gasteiger charge is 2.26. The van der Waals surface area contributed by atoms with Crippen molar-refractivity contribution in [3.8, 4) is 0 Å². The van der Waals surface area contributed by atoms with Crippen LogP contribution in [-0.2, 0) is 9.47 Å². The molecule has 4 aromatic rings. The summed E-state index contributed by atoms with van der Waals surface area (Å²) in [5.74, 6) is -0.906. The van der Waals surface area contributed by atoms with Crippen LogP contribution in [0.15, 0.2) is 36.4 Å². The van der Waals surface area contributed by atoms with Gasteiger partial charge in [0.1, 0.15) is 0 Å². The third kappa shape index (κ3) is 3.54. The molecular formula is C30H32N2O4. The van der Waals surface area contributed by atoms with E-state index in [2.05, 4.69) is 28.0 Å². The number of carbonyl (C=O) groups excluding carboxylic acids is 2. The number of ether oxygens (including phenoxy) is 2. The topological polar surface area (TPSA) is 59.1 Å². The molecule has 0 aromatic heterocycles. The standard InChI is InChI=1S/C30H32N2O4/c1-35-29(33)23-17-24(30(34)36-2)20-10-12-22-26(32-15-7-4-8-16-32)18-25(31-13-5-3-6-14-31)21-11-9-19(23)27(20)28(21)22/h9-12,17-18H,3-8,13-16H2,1-2H3. The van der Waals surface area contributed by atoms with Crippen molar-refractivity contribution in [2.45, 2.75) is 38.5 Å². The lowest BCUT2D eigenvalue weighted by atomic mass is 9.87. The van der Waals surface area contributed by atoms with Crippen molar-refractivity contribution in [3.05, 3.63) is 47.5 Å². The van der Waals surface area contributed by atoms with Crippen molar-refractivity contribution in [3.63, 3.8) is 0 Å². The molecule has 6 rings (SSSR count). The summed E-state index contributed by atoms with van der Waals surface area (Å²) in [5, 5.41) is 6.01. The first kappa shape index (κ1) is 22.9. The summed E-state index contributed by atoms with van der Waals surface area (Å²) in [4.78, 5) is 30.8. The normalized spacial score (nSPS) is 16.7. The number of piperidine rings is 2. The number of nitrogens with zero attached hydrogens (tertiary/aromatic N) is 2. The molecule has 0 atom stereocenters. The van der Waals surface area contributed by atoms with Gasteiger partial charge in [-0.15, -0.1) is 0 Å². The van der Waals surface area contributed by atoms with Gasteiger partial charge in [0, 0.05) is 53.7 Å². The molecule has 0 amide bonds. The Morgan fingerprint density at radius 3 is 1.39 bits per heavy atom. The Morgan fingerprint density at radius 1 is 0.583 bits per heavy atom. The van der Waals surface area contributed by atoms with Crippen LogP contribution in [0.25, 0.3) is 32.3 Å². The predicted molar refractivity (Wildman–Crippen MR) is 145 cm³/mol. The molecule has 4 aromatic carbocycles. The SMILES string of the molecule is COC(=O)c1cc(C(=O)OC)c2ccc3c(N4CCCCC4)cc(N4CCCCC4)c4ccc1c2c43. The Morgan fingerprint density at radius 2 is 0.972 bits per heavy atom. The first-order valence-electron chi connectivity index (χ1n) is 13.1. The van der Waals surface area contributed by atoms with E-state index < -0.39 is 11.9 Å². The molecule has 0 saturated carbocycles. The van der Waals surface area contributed by atoms with Gasteiger partial charge in [0.25, 0.3) is 0 Å². The molecule has 6 nitrogen and oxygen atoms in total. The highest BCUT2D eigenvalue weighted by atomic mass is 16.5. The zero-order valence-corrected chi connectivity index (χ0v) is 21.1. The molecule has 2 heterocycles. The minimum atomic E-state index is -0.453. The van der Waals surface area contributed by atoms with E-state index in [1.54, 1.807) is 6.07 Å². The lowest BCUT2D eigenvalue weighted by molar-refractivity contribution is 0.0602. The lowest BCUT2D eigenvalue weighted by Gasteiger charge is -2.35. The van der Waals surface area contributed by atoms with Crippen LogP contribution in [0.1, 0.15) is 59.2 Å². The van der Waals surface area contributed by atoms with Gasteiger partial charge in [0.15, 0.2) is 0 Å². The van der Waals surface area contributed by atoms with Crippen LogP contribution in [-0.4, -0.2) is 52.3 Å². The van der Waals surface area contributed by atoms with Gasteiger partial charge in [-0.2, -0.15) is 0 Å². The third-order valence-corrected chi connectivity index (χ3v) is 8.06. The maximum absolute atomic E-state index is 12.9. The summed E-state index contributed by atoms with van der Waals surface area (Å²) in [6.07, 6.45) is 7.32. The van der Waals surface area contributed by atoms with E-state index in [1.807, 2.05) is 12.1 Å². The van der Waals surface area contributed by atoms with E-state index in [0.717, 1.165) is 47.7 Å². The second kappa shape index (κ2) is 9.16. The highest BCUT2D eigenvalue weighted by molar-refractivity contribution is 6.32. The number of carbonyl (C=O) groups is 2. The van der Waals surface area contributed by atoms with Crippen molar-refractivity contribution < 1.29 is 19.1 Å². The molecule has 186 valence electrons. The number of rotatable bonds is 4. The Kier molecular flexibility index (Phi) is 5.82. The molecule has 0 radical (unpaired) electrons. The van der Waals surface area contributed by atoms with Gasteiger partial charge in [0.2, 0.25) is 0 Å². The van der Waals surface area contributed by atoms with Gasteiger partial charge in [-0.1, -0.05) is 24.3 Å². The highest BCUT2D eigenvalue weighted by Crippen LogP contribution is 2.46. The zero-order chi connectivity index (χ0) is 24.8. The number of hydrogen-bond acceptors (Lipinski definition) is 6. The van der Waals surface area contributed by atoms with Crippen LogP contribution in [0.4, 0.5) is 11.4 Å².